The van der Waals surface area contributed by atoms with Crippen molar-refractivity contribution in [2.24, 2.45) is 0 Å². The van der Waals surface area contributed by atoms with Gasteiger partial charge in [0.15, 0.2) is 11.2 Å². The number of aromatic nitrogens is 4. The Hall–Kier alpha value is -7.63. The topological polar surface area (TPSA) is 40.3 Å². The molecule has 0 fully saturated rings. The molecular weight excluding hydrogens is 685 g/mol. The maximum atomic E-state index is 7.08. The second-order valence-corrected chi connectivity index (χ2v) is 14.7. The minimum Gasteiger partial charge on any atom is -0.452 e. The van der Waals surface area contributed by atoms with Crippen LogP contribution in [-0.4, -0.2) is 18.5 Å². The monoisotopic (exact) mass is 714 g/mol. The van der Waals surface area contributed by atoms with Crippen molar-refractivity contribution in [1.29, 1.82) is 0 Å². The SMILES string of the molecule is c1ccc(-n2c3ccccc3c3cc(-c4ccc5c(c4)c4ccccc4n5-c4cccc5c4oc4c6ccccc6c6nc7ccccc7n6c54)ccc32)cc1. The van der Waals surface area contributed by atoms with E-state index in [1.807, 2.05) is 0 Å². The van der Waals surface area contributed by atoms with Gasteiger partial charge in [0.05, 0.1) is 38.8 Å². The number of pyridine rings is 1. The highest BCUT2D eigenvalue weighted by Crippen LogP contribution is 2.43. The van der Waals surface area contributed by atoms with E-state index in [1.54, 1.807) is 0 Å². The maximum Gasteiger partial charge on any atom is 0.161 e. The number of rotatable bonds is 3. The molecule has 0 N–H and O–H groups in total. The molecule has 0 amide bonds. The van der Waals surface area contributed by atoms with E-state index >= 15 is 0 Å². The van der Waals surface area contributed by atoms with Crippen LogP contribution in [-0.2, 0) is 0 Å². The van der Waals surface area contributed by atoms with Crippen LogP contribution in [0.25, 0.3) is 116 Å². The lowest BCUT2D eigenvalue weighted by Crippen LogP contribution is -1.94. The Bertz CT molecular complexity index is 3770. The number of hydrogen-bond donors (Lipinski definition) is 0. The van der Waals surface area contributed by atoms with Crippen LogP contribution >= 0.6 is 0 Å². The summed E-state index contributed by atoms with van der Waals surface area (Å²) in [5.74, 6) is 0. The van der Waals surface area contributed by atoms with E-state index < -0.39 is 0 Å². The molecule has 0 saturated heterocycles. The third kappa shape index (κ3) is 3.90. The number of nitrogens with zero attached hydrogens (tertiary/aromatic N) is 4. The predicted octanol–water partition coefficient (Wildman–Crippen LogP) is 13.4. The summed E-state index contributed by atoms with van der Waals surface area (Å²) in [6, 6.07) is 65.2. The van der Waals surface area contributed by atoms with E-state index in [1.165, 1.54) is 43.7 Å². The maximum absolute atomic E-state index is 7.08. The summed E-state index contributed by atoms with van der Waals surface area (Å²) in [6.45, 7) is 0. The van der Waals surface area contributed by atoms with Crippen molar-refractivity contribution >= 4 is 93.1 Å². The van der Waals surface area contributed by atoms with E-state index in [4.69, 9.17) is 9.40 Å². The normalized spacial score (nSPS) is 12.3. The van der Waals surface area contributed by atoms with Gasteiger partial charge in [0.2, 0.25) is 0 Å². The first-order chi connectivity index (χ1) is 27.8. The van der Waals surface area contributed by atoms with Crippen molar-refractivity contribution in [1.82, 2.24) is 18.5 Å². The lowest BCUT2D eigenvalue weighted by Gasteiger charge is -2.10. The molecule has 0 aliphatic carbocycles. The average Bonchev–Trinajstić information content (AvgIpc) is 4.02. The van der Waals surface area contributed by atoms with Gasteiger partial charge in [-0.25, -0.2) is 4.98 Å². The van der Waals surface area contributed by atoms with Gasteiger partial charge >= 0.3 is 0 Å². The average molecular weight is 715 g/mol. The molecule has 0 aliphatic rings. The van der Waals surface area contributed by atoms with Gasteiger partial charge in [-0.05, 0) is 83.9 Å². The first-order valence-corrected chi connectivity index (χ1v) is 19.1. The molecule has 0 aliphatic heterocycles. The summed E-state index contributed by atoms with van der Waals surface area (Å²) in [4.78, 5) is 5.13. The molecule has 0 unspecified atom stereocenters. The molecule has 0 radical (unpaired) electrons. The molecule has 0 bridgehead atoms. The zero-order valence-corrected chi connectivity index (χ0v) is 30.0. The van der Waals surface area contributed by atoms with Gasteiger partial charge in [-0.3, -0.25) is 4.40 Å². The largest absolute Gasteiger partial charge is 0.452 e. The molecule has 56 heavy (non-hydrogen) atoms. The van der Waals surface area contributed by atoms with Crippen LogP contribution in [0.5, 0.6) is 0 Å². The van der Waals surface area contributed by atoms with Crippen LogP contribution in [0.1, 0.15) is 0 Å². The molecule has 13 rings (SSSR count). The summed E-state index contributed by atoms with van der Waals surface area (Å²) in [7, 11) is 0. The molecule has 260 valence electrons. The van der Waals surface area contributed by atoms with Crippen molar-refractivity contribution in [2.45, 2.75) is 0 Å². The van der Waals surface area contributed by atoms with Crippen LogP contribution in [0.15, 0.2) is 186 Å². The van der Waals surface area contributed by atoms with Crippen LogP contribution in [0.4, 0.5) is 0 Å². The molecular formula is C51H30N4O. The van der Waals surface area contributed by atoms with Crippen molar-refractivity contribution < 1.29 is 4.42 Å². The standard InChI is InChI=1S/C51H30N4O/c1-2-13-33(14-3-1)53-42-21-9-6-15-34(42)39-29-31(25-27-44(39)53)32-26-28-45-40(30-32)35-16-7-10-22-43(35)54(45)47-24-12-19-38-48-50(56-49(38)47)36-17-4-5-18-37(36)51-52-41-20-8-11-23-46(41)55(48)51/h1-30H. The van der Waals surface area contributed by atoms with Gasteiger partial charge < -0.3 is 13.6 Å². The van der Waals surface area contributed by atoms with Gasteiger partial charge in [0.1, 0.15) is 11.2 Å². The van der Waals surface area contributed by atoms with Crippen molar-refractivity contribution in [3.63, 3.8) is 0 Å². The number of para-hydroxylation sites is 6. The van der Waals surface area contributed by atoms with Crippen molar-refractivity contribution in [3.05, 3.63) is 182 Å². The summed E-state index contributed by atoms with van der Waals surface area (Å²) >= 11 is 0. The fraction of sp³-hybridized carbons (Fsp3) is 0. The fourth-order valence-corrected chi connectivity index (χ4v) is 9.40. The highest BCUT2D eigenvalue weighted by atomic mass is 16.3. The smallest absolute Gasteiger partial charge is 0.161 e. The summed E-state index contributed by atoms with van der Waals surface area (Å²) in [5.41, 5.74) is 15.0. The second kappa shape index (κ2) is 11.0. The molecule has 5 heteroatoms. The third-order valence-electron chi connectivity index (χ3n) is 11.8. The number of benzene rings is 8. The Kier molecular flexibility index (Phi) is 5.83. The van der Waals surface area contributed by atoms with E-state index in [0.717, 1.165) is 71.9 Å². The Morgan fingerprint density at radius 3 is 1.66 bits per heavy atom. The van der Waals surface area contributed by atoms with Gasteiger partial charge in [-0.15, -0.1) is 0 Å². The molecule has 8 aromatic carbocycles. The van der Waals surface area contributed by atoms with E-state index in [0.29, 0.717) is 0 Å². The molecule has 5 aromatic heterocycles. The fourth-order valence-electron chi connectivity index (χ4n) is 9.40. The Balaban J connectivity index is 1.06. The summed E-state index contributed by atoms with van der Waals surface area (Å²) in [5, 5.41) is 8.08. The molecule has 13 aromatic rings. The van der Waals surface area contributed by atoms with E-state index in [-0.39, 0.29) is 0 Å². The van der Waals surface area contributed by atoms with Crippen LogP contribution in [0.2, 0.25) is 0 Å². The van der Waals surface area contributed by atoms with Gasteiger partial charge in [-0.2, -0.15) is 0 Å². The highest BCUT2D eigenvalue weighted by molar-refractivity contribution is 6.20. The first-order valence-electron chi connectivity index (χ1n) is 19.1. The second-order valence-electron chi connectivity index (χ2n) is 14.7. The minimum absolute atomic E-state index is 0.852. The number of fused-ring (bicyclic) bond motifs is 16. The van der Waals surface area contributed by atoms with Gasteiger partial charge in [0.25, 0.3) is 0 Å². The van der Waals surface area contributed by atoms with Crippen molar-refractivity contribution in [2.75, 3.05) is 0 Å². The van der Waals surface area contributed by atoms with Crippen LogP contribution in [0, 0.1) is 0 Å². The molecule has 0 saturated carbocycles. The minimum atomic E-state index is 0.852. The van der Waals surface area contributed by atoms with Crippen molar-refractivity contribution in [3.8, 4) is 22.5 Å². The highest BCUT2D eigenvalue weighted by Gasteiger charge is 2.23. The lowest BCUT2D eigenvalue weighted by molar-refractivity contribution is 0.669. The molecule has 0 atom stereocenters. The zero-order valence-electron chi connectivity index (χ0n) is 30.0. The lowest BCUT2D eigenvalue weighted by atomic mass is 10.0. The first kappa shape index (κ1) is 29.8. The zero-order chi connectivity index (χ0) is 36.5. The van der Waals surface area contributed by atoms with E-state index in [9.17, 15) is 0 Å². The number of imidazole rings is 1. The predicted molar refractivity (Wildman–Crippen MR) is 232 cm³/mol. The molecule has 0 spiro atoms. The Morgan fingerprint density at radius 2 is 0.929 bits per heavy atom. The van der Waals surface area contributed by atoms with Gasteiger partial charge in [-0.1, -0.05) is 109 Å². The Morgan fingerprint density at radius 1 is 0.375 bits per heavy atom. The summed E-state index contributed by atoms with van der Waals surface area (Å²) in [6.07, 6.45) is 0. The number of hydrogen-bond acceptors (Lipinski definition) is 2. The van der Waals surface area contributed by atoms with Crippen LogP contribution < -0.4 is 0 Å². The quantitative estimate of drug-likeness (QED) is 0.183. The van der Waals surface area contributed by atoms with Gasteiger partial charge in [0, 0.05) is 43.4 Å². The third-order valence-corrected chi connectivity index (χ3v) is 11.8. The Labute approximate surface area is 319 Å². The van der Waals surface area contributed by atoms with E-state index in [2.05, 4.69) is 196 Å². The molecule has 5 nitrogen and oxygen atoms in total. The van der Waals surface area contributed by atoms with Crippen LogP contribution in [0.3, 0.4) is 0 Å². The molecule has 5 heterocycles. The summed E-state index contributed by atoms with van der Waals surface area (Å²) < 4.78 is 14.1. The number of furan rings is 1.